The van der Waals surface area contributed by atoms with Crippen LogP contribution in [0, 0.1) is 11.7 Å². The highest BCUT2D eigenvalue weighted by atomic mass is 79.9. The van der Waals surface area contributed by atoms with E-state index in [-0.39, 0.29) is 11.5 Å². The molecule has 4 aromatic rings. The summed E-state index contributed by atoms with van der Waals surface area (Å²) in [5, 5.41) is 8.83. The zero-order valence-electron chi connectivity index (χ0n) is 20.9. The molecule has 0 aromatic heterocycles. The van der Waals surface area contributed by atoms with E-state index in [9.17, 15) is 14.0 Å². The third kappa shape index (κ3) is 6.83. The van der Waals surface area contributed by atoms with Crippen LogP contribution in [0.25, 0.3) is 10.8 Å². The Labute approximate surface area is 229 Å². The van der Waals surface area contributed by atoms with E-state index in [1.165, 1.54) is 24.3 Å². The summed E-state index contributed by atoms with van der Waals surface area (Å²) in [5.41, 5.74) is 4.53. The van der Waals surface area contributed by atoms with Gasteiger partial charge in [0.2, 0.25) is 0 Å². The molecule has 0 aliphatic rings. The van der Waals surface area contributed by atoms with Crippen molar-refractivity contribution in [1.29, 1.82) is 0 Å². The topological polar surface area (TPSA) is 79.8 Å². The van der Waals surface area contributed by atoms with Crippen molar-refractivity contribution in [3.63, 3.8) is 0 Å². The van der Waals surface area contributed by atoms with E-state index in [0.717, 1.165) is 26.4 Å². The maximum atomic E-state index is 13.2. The standard InChI is InChI=1S/C30H27BrFN3O3/c1-19(2)28(34-29(36)22-9-14-24(32)15-10-22)30(37)35-33-17-26-25-6-4-3-5-21(25)11-16-27(26)38-18-20-7-12-23(31)13-8-20/h3-17,19,28H,18H2,1-2H3,(H,34,36)(H,35,37)/b33-17+. The number of carbonyl (C=O) groups excluding carboxylic acids is 2. The van der Waals surface area contributed by atoms with E-state index < -0.39 is 23.7 Å². The Bertz CT molecular complexity index is 1450. The van der Waals surface area contributed by atoms with Crippen LogP contribution in [0.3, 0.4) is 0 Å². The molecule has 1 unspecified atom stereocenters. The van der Waals surface area contributed by atoms with Crippen LogP contribution >= 0.6 is 15.9 Å². The van der Waals surface area contributed by atoms with E-state index in [2.05, 4.69) is 31.8 Å². The molecule has 6 nitrogen and oxygen atoms in total. The molecule has 0 fully saturated rings. The Kier molecular flexibility index (Phi) is 8.86. The van der Waals surface area contributed by atoms with Gasteiger partial charge in [-0.3, -0.25) is 9.59 Å². The Balaban J connectivity index is 1.51. The molecule has 38 heavy (non-hydrogen) atoms. The molecular formula is C30H27BrFN3O3. The summed E-state index contributed by atoms with van der Waals surface area (Å²) in [6.07, 6.45) is 1.55. The van der Waals surface area contributed by atoms with Gasteiger partial charge < -0.3 is 10.1 Å². The molecular weight excluding hydrogens is 549 g/mol. The Morgan fingerprint density at radius 2 is 1.68 bits per heavy atom. The van der Waals surface area contributed by atoms with Crippen molar-refractivity contribution >= 4 is 44.7 Å². The zero-order valence-corrected chi connectivity index (χ0v) is 22.5. The maximum Gasteiger partial charge on any atom is 0.262 e. The van der Waals surface area contributed by atoms with Gasteiger partial charge in [0, 0.05) is 15.6 Å². The maximum absolute atomic E-state index is 13.2. The molecule has 4 aromatic carbocycles. The largest absolute Gasteiger partial charge is 0.488 e. The molecule has 0 saturated carbocycles. The predicted octanol–water partition coefficient (Wildman–Crippen LogP) is 6.23. The van der Waals surface area contributed by atoms with Gasteiger partial charge in [-0.1, -0.05) is 72.2 Å². The minimum Gasteiger partial charge on any atom is -0.488 e. The van der Waals surface area contributed by atoms with E-state index in [1.54, 1.807) is 6.21 Å². The second-order valence-electron chi connectivity index (χ2n) is 9.05. The average molecular weight is 576 g/mol. The van der Waals surface area contributed by atoms with Crippen LogP contribution in [-0.4, -0.2) is 24.1 Å². The van der Waals surface area contributed by atoms with Crippen molar-refractivity contribution in [3.8, 4) is 5.75 Å². The monoisotopic (exact) mass is 575 g/mol. The zero-order chi connectivity index (χ0) is 27.1. The molecule has 4 rings (SSSR count). The number of halogens is 2. The van der Waals surface area contributed by atoms with Crippen LogP contribution in [0.15, 0.2) is 94.5 Å². The highest BCUT2D eigenvalue weighted by Crippen LogP contribution is 2.27. The van der Waals surface area contributed by atoms with Crippen LogP contribution in [-0.2, 0) is 11.4 Å². The lowest BCUT2D eigenvalue weighted by atomic mass is 10.0. The number of rotatable bonds is 9. The van der Waals surface area contributed by atoms with Gasteiger partial charge in [0.1, 0.15) is 24.2 Å². The Morgan fingerprint density at radius 3 is 2.39 bits per heavy atom. The summed E-state index contributed by atoms with van der Waals surface area (Å²) in [4.78, 5) is 25.5. The summed E-state index contributed by atoms with van der Waals surface area (Å²) < 4.78 is 20.3. The molecule has 2 amide bonds. The van der Waals surface area contributed by atoms with Gasteiger partial charge in [-0.2, -0.15) is 5.10 Å². The quantitative estimate of drug-likeness (QED) is 0.183. The molecule has 1 atom stereocenters. The molecule has 0 saturated heterocycles. The fraction of sp³-hybridized carbons (Fsp3) is 0.167. The molecule has 0 bridgehead atoms. The summed E-state index contributed by atoms with van der Waals surface area (Å²) >= 11 is 3.44. The number of ether oxygens (including phenoxy) is 1. The number of hydrogen-bond acceptors (Lipinski definition) is 4. The Morgan fingerprint density at radius 1 is 0.974 bits per heavy atom. The summed E-state index contributed by atoms with van der Waals surface area (Å²) in [6.45, 7) is 4.00. The van der Waals surface area contributed by atoms with Crippen LogP contribution in [0.4, 0.5) is 4.39 Å². The number of nitrogens with one attached hydrogen (secondary N) is 2. The first-order chi connectivity index (χ1) is 18.3. The first-order valence-electron chi connectivity index (χ1n) is 12.1. The van der Waals surface area contributed by atoms with Crippen LogP contribution in [0.5, 0.6) is 5.75 Å². The highest BCUT2D eigenvalue weighted by Gasteiger charge is 2.24. The van der Waals surface area contributed by atoms with Gasteiger partial charge in [-0.25, -0.2) is 9.82 Å². The predicted molar refractivity (Wildman–Crippen MR) is 151 cm³/mol. The van der Waals surface area contributed by atoms with E-state index >= 15 is 0 Å². The van der Waals surface area contributed by atoms with E-state index in [1.807, 2.05) is 74.5 Å². The van der Waals surface area contributed by atoms with E-state index in [0.29, 0.717) is 12.4 Å². The van der Waals surface area contributed by atoms with Crippen molar-refractivity contribution in [1.82, 2.24) is 10.7 Å². The van der Waals surface area contributed by atoms with Gasteiger partial charge in [-0.05, 0) is 64.7 Å². The number of hydrazone groups is 1. The molecule has 0 heterocycles. The number of hydrogen-bond donors (Lipinski definition) is 2. The van der Waals surface area contributed by atoms with Crippen LogP contribution < -0.4 is 15.5 Å². The van der Waals surface area contributed by atoms with Gasteiger partial charge in [0.25, 0.3) is 11.8 Å². The summed E-state index contributed by atoms with van der Waals surface area (Å²) in [6, 6.07) is 23.8. The SMILES string of the molecule is CC(C)C(NC(=O)c1ccc(F)cc1)C(=O)N/N=C/c1c(OCc2ccc(Br)cc2)ccc2ccccc12. The molecule has 194 valence electrons. The normalized spacial score (nSPS) is 12.0. The van der Waals surface area contributed by atoms with Gasteiger partial charge in [-0.15, -0.1) is 0 Å². The van der Waals surface area contributed by atoms with Crippen molar-refractivity contribution in [2.75, 3.05) is 0 Å². The van der Waals surface area contributed by atoms with Crippen molar-refractivity contribution in [2.24, 2.45) is 11.0 Å². The number of nitrogens with zero attached hydrogens (tertiary/aromatic N) is 1. The second-order valence-corrected chi connectivity index (χ2v) is 9.97. The molecule has 0 spiro atoms. The lowest BCUT2D eigenvalue weighted by Crippen LogP contribution is -2.48. The van der Waals surface area contributed by atoms with Gasteiger partial charge in [0.05, 0.1) is 6.21 Å². The van der Waals surface area contributed by atoms with Crippen molar-refractivity contribution in [3.05, 3.63) is 112 Å². The van der Waals surface area contributed by atoms with Crippen LogP contribution in [0.2, 0.25) is 0 Å². The molecule has 0 aliphatic heterocycles. The third-order valence-electron chi connectivity index (χ3n) is 5.95. The first-order valence-corrected chi connectivity index (χ1v) is 12.9. The summed E-state index contributed by atoms with van der Waals surface area (Å²) in [5.74, 6) is -0.973. The lowest BCUT2D eigenvalue weighted by molar-refractivity contribution is -0.123. The minimum absolute atomic E-state index is 0.211. The van der Waals surface area contributed by atoms with Crippen molar-refractivity contribution < 1.29 is 18.7 Å². The Hall–Kier alpha value is -4.04. The minimum atomic E-state index is -0.842. The fourth-order valence-corrected chi connectivity index (χ4v) is 4.13. The first kappa shape index (κ1) is 27.0. The summed E-state index contributed by atoms with van der Waals surface area (Å²) in [7, 11) is 0. The number of amides is 2. The third-order valence-corrected chi connectivity index (χ3v) is 6.48. The smallest absolute Gasteiger partial charge is 0.262 e. The van der Waals surface area contributed by atoms with Crippen molar-refractivity contribution in [2.45, 2.75) is 26.5 Å². The second kappa shape index (κ2) is 12.5. The molecule has 8 heteroatoms. The lowest BCUT2D eigenvalue weighted by Gasteiger charge is -2.20. The van der Waals surface area contributed by atoms with E-state index in [4.69, 9.17) is 4.74 Å². The number of carbonyl (C=O) groups is 2. The molecule has 0 radical (unpaired) electrons. The van der Waals surface area contributed by atoms with Gasteiger partial charge >= 0.3 is 0 Å². The number of benzene rings is 4. The van der Waals surface area contributed by atoms with Crippen LogP contribution in [0.1, 0.15) is 35.3 Å². The highest BCUT2D eigenvalue weighted by molar-refractivity contribution is 9.10. The average Bonchev–Trinajstić information content (AvgIpc) is 2.92. The molecule has 0 aliphatic carbocycles. The van der Waals surface area contributed by atoms with Gasteiger partial charge in [0.15, 0.2) is 0 Å². The molecule has 2 N–H and O–H groups in total. The fourth-order valence-electron chi connectivity index (χ4n) is 3.87. The number of fused-ring (bicyclic) bond motifs is 1.